The van der Waals surface area contributed by atoms with Crippen molar-refractivity contribution in [2.75, 3.05) is 33.8 Å². The van der Waals surface area contributed by atoms with Crippen LogP contribution in [0.5, 0.6) is 0 Å². The summed E-state index contributed by atoms with van der Waals surface area (Å²) in [6, 6.07) is 13.0. The summed E-state index contributed by atoms with van der Waals surface area (Å²) >= 11 is 0.882. The predicted molar refractivity (Wildman–Crippen MR) is 375 cm³/mol. The highest BCUT2D eigenvalue weighted by atomic mass is 32.2. The van der Waals surface area contributed by atoms with Gasteiger partial charge >= 0.3 is 6.09 Å². The maximum atomic E-state index is 14.8. The zero-order valence-corrected chi connectivity index (χ0v) is 61.0. The second-order valence-corrected chi connectivity index (χ2v) is 28.2. The van der Waals surface area contributed by atoms with Gasteiger partial charge in [0.25, 0.3) is 0 Å². The molecule has 0 aliphatic carbocycles. The number of likely N-dealkylation sites (N-methyl/N-ethyl adjacent to an activating group) is 2. The number of carbonyl (C=O) groups is 14. The molecule has 100 heavy (non-hydrogen) atoms. The topological polar surface area (TPSA) is 410 Å². The molecule has 0 aliphatic rings. The third-order valence-corrected chi connectivity index (χ3v) is 16.2. The standard InChI is InChI=1S/C70H103N13O16S/c1-40(2)32-49(77-55(85)37-73-64(93)53(34-47-28-22-18-23-29-47)83(16)66(95)44(7)75-58(87)43(6)76-68(97)99-70(12,13)14)62(91)74-42(5)59(88)81-57(41(3)4)65(94)78-50(33-46-26-20-17-21-27-46)63(92)79-51(35-56(86)100-39-48-30-24-19-25-31-48)67(96)82(15)45(8)60(89)80-52(38-98-69(9,10)11)61(90)72-36-54(71)84/h17-31,40-45,49-53,57H,32-39H2,1-16H3,(H2,71,84)(H,72,90)(H,73,93)(H,74,91)(H,75,87)(H,76,97)(H,77,85)(H,78,94)(H,79,92)(H,80,89)(H,81,88)/t42-,43-,44-,45-,49-,50-,51-,52-,53-,57-/m0/s1. The lowest BCUT2D eigenvalue weighted by Crippen LogP contribution is -2.61. The number of nitrogens with one attached hydrogen (secondary N) is 10. The van der Waals surface area contributed by atoms with Crippen molar-refractivity contribution >= 4 is 93.9 Å². The van der Waals surface area contributed by atoms with Crippen molar-refractivity contribution in [1.29, 1.82) is 0 Å². The average molecular weight is 1410 g/mol. The highest BCUT2D eigenvalue weighted by molar-refractivity contribution is 8.12. The highest BCUT2D eigenvalue weighted by Crippen LogP contribution is 2.19. The molecule has 30 heteroatoms. The normalized spacial score (nSPS) is 14.4. The quantitative estimate of drug-likeness (QED) is 0.0390. The predicted octanol–water partition coefficient (Wildman–Crippen LogP) is 1.58. The van der Waals surface area contributed by atoms with E-state index in [0.717, 1.165) is 27.1 Å². The maximum absolute atomic E-state index is 14.8. The summed E-state index contributed by atoms with van der Waals surface area (Å²) in [7, 11) is 2.62. The van der Waals surface area contributed by atoms with Gasteiger partial charge in [0, 0.05) is 39.1 Å². The number of ether oxygens (including phenoxy) is 2. The van der Waals surface area contributed by atoms with E-state index >= 15 is 0 Å². The molecule has 0 saturated heterocycles. The van der Waals surface area contributed by atoms with Crippen molar-refractivity contribution in [3.8, 4) is 0 Å². The molecule has 10 atom stereocenters. The number of benzene rings is 3. The molecule has 0 saturated carbocycles. The van der Waals surface area contributed by atoms with Crippen molar-refractivity contribution in [1.82, 2.24) is 63.0 Å². The van der Waals surface area contributed by atoms with Crippen LogP contribution in [0, 0.1) is 11.8 Å². The van der Waals surface area contributed by atoms with Gasteiger partial charge in [-0.05, 0) is 104 Å². The number of alkyl carbamates (subject to hydrolysis) is 1. The Bertz CT molecular complexity index is 3290. The molecular weight excluding hydrogens is 1310 g/mol. The third-order valence-electron chi connectivity index (χ3n) is 15.2. The van der Waals surface area contributed by atoms with E-state index < -0.39 is 179 Å². The molecule has 0 radical (unpaired) electrons. The lowest BCUT2D eigenvalue weighted by molar-refractivity contribution is -0.143. The Morgan fingerprint density at radius 3 is 1.49 bits per heavy atom. The summed E-state index contributed by atoms with van der Waals surface area (Å²) in [5.74, 6) is -10.4. The monoisotopic (exact) mass is 1410 g/mol. The van der Waals surface area contributed by atoms with E-state index in [0.29, 0.717) is 11.1 Å². The van der Waals surface area contributed by atoms with E-state index in [4.69, 9.17) is 15.2 Å². The Labute approximate surface area is 589 Å². The minimum Gasteiger partial charge on any atom is -0.444 e. The van der Waals surface area contributed by atoms with Gasteiger partial charge in [0.15, 0.2) is 5.12 Å². The summed E-state index contributed by atoms with van der Waals surface area (Å²) in [6.07, 6.45) is -1.54. The van der Waals surface area contributed by atoms with Crippen molar-refractivity contribution < 1.29 is 76.6 Å². The van der Waals surface area contributed by atoms with E-state index in [-0.39, 0.29) is 37.5 Å². The SMILES string of the molecule is CC(C)C[C@H](NC(=O)CNC(=O)[C@H](Cc1ccccc1)N(C)C(=O)[C@H](C)NC(=O)[C@H](C)NC(=O)OC(C)(C)C)C(=O)N[C@@H](C)C(=O)N[C@H](C(=O)N[C@@H](Cc1ccccc1)C(=O)N[C@@H](CC(=O)SCc1ccccc1)C(=O)N(C)[C@@H](C)C(=O)N[C@@H](COC(C)(C)C)C(=O)NCC(N)=O)C(C)C. The van der Waals surface area contributed by atoms with Gasteiger partial charge in [-0.2, -0.15) is 0 Å². The Hall–Kier alpha value is -9.45. The Morgan fingerprint density at radius 1 is 0.470 bits per heavy atom. The number of carbonyl (C=O) groups excluding carboxylic acids is 14. The third kappa shape index (κ3) is 30.8. The smallest absolute Gasteiger partial charge is 0.408 e. The average Bonchev–Trinajstić information content (AvgIpc) is 0.845. The molecule has 0 fully saturated rings. The van der Waals surface area contributed by atoms with Gasteiger partial charge in [-0.3, -0.25) is 62.3 Å². The molecule has 13 amide bonds. The second kappa shape index (κ2) is 40.6. The van der Waals surface area contributed by atoms with Gasteiger partial charge in [-0.25, -0.2) is 4.79 Å². The molecule has 3 aromatic carbocycles. The van der Waals surface area contributed by atoms with Crippen LogP contribution in [0.2, 0.25) is 0 Å². The summed E-state index contributed by atoms with van der Waals surface area (Å²) in [4.78, 5) is 193. The number of hydrogen-bond acceptors (Lipinski definition) is 17. The minimum atomic E-state index is -1.64. The Kier molecular flexibility index (Phi) is 34.4. The molecule has 29 nitrogen and oxygen atoms in total. The molecule has 0 aliphatic heterocycles. The largest absolute Gasteiger partial charge is 0.444 e. The van der Waals surface area contributed by atoms with Gasteiger partial charge in [-0.1, -0.05) is 130 Å². The van der Waals surface area contributed by atoms with Gasteiger partial charge in [0.2, 0.25) is 70.9 Å². The first-order valence-electron chi connectivity index (χ1n) is 33.1. The fourth-order valence-electron chi connectivity index (χ4n) is 9.55. The van der Waals surface area contributed by atoms with Crippen LogP contribution in [-0.4, -0.2) is 197 Å². The van der Waals surface area contributed by atoms with Crippen molar-refractivity contribution in [3.05, 3.63) is 108 Å². The van der Waals surface area contributed by atoms with Crippen LogP contribution >= 0.6 is 11.8 Å². The summed E-state index contributed by atoms with van der Waals surface area (Å²) in [6.45, 7) is 20.9. The van der Waals surface area contributed by atoms with Gasteiger partial charge in [0.1, 0.15) is 66.0 Å². The van der Waals surface area contributed by atoms with Crippen LogP contribution in [0.4, 0.5) is 4.79 Å². The molecule has 0 unspecified atom stereocenters. The molecule has 3 rings (SSSR count). The lowest BCUT2D eigenvalue weighted by Gasteiger charge is -2.31. The van der Waals surface area contributed by atoms with E-state index in [9.17, 15) is 67.1 Å². The van der Waals surface area contributed by atoms with E-state index in [1.165, 1.54) is 41.8 Å². The summed E-state index contributed by atoms with van der Waals surface area (Å²) in [5.41, 5.74) is 5.65. The number of rotatable bonds is 37. The van der Waals surface area contributed by atoms with Crippen LogP contribution in [0.3, 0.4) is 0 Å². The molecule has 0 aromatic heterocycles. The zero-order valence-electron chi connectivity index (χ0n) is 60.2. The minimum absolute atomic E-state index is 0.00972. The zero-order chi connectivity index (χ0) is 75.4. The maximum Gasteiger partial charge on any atom is 0.408 e. The number of hydrogen-bond donors (Lipinski definition) is 11. The Balaban J connectivity index is 1.84. The van der Waals surface area contributed by atoms with E-state index in [1.54, 1.807) is 160 Å². The number of thioether (sulfide) groups is 1. The van der Waals surface area contributed by atoms with Crippen LogP contribution < -0.4 is 58.9 Å². The van der Waals surface area contributed by atoms with E-state index in [2.05, 4.69) is 53.2 Å². The van der Waals surface area contributed by atoms with E-state index in [1.807, 2.05) is 0 Å². The lowest BCUT2D eigenvalue weighted by atomic mass is 10.00. The fraction of sp³-hybridized carbons (Fsp3) is 0.543. The highest BCUT2D eigenvalue weighted by Gasteiger charge is 2.38. The molecule has 0 spiro atoms. The molecular formula is C70H103N13O16S. The molecule has 12 N–H and O–H groups in total. The van der Waals surface area contributed by atoms with Crippen LogP contribution in [0.15, 0.2) is 91.0 Å². The number of amides is 13. The van der Waals surface area contributed by atoms with Crippen molar-refractivity contribution in [2.45, 2.75) is 200 Å². The molecule has 3 aromatic rings. The molecule has 0 heterocycles. The van der Waals surface area contributed by atoms with Gasteiger partial charge in [0.05, 0.1) is 25.3 Å². The molecule has 0 bridgehead atoms. The fourth-order valence-corrected chi connectivity index (χ4v) is 10.4. The van der Waals surface area contributed by atoms with Crippen LogP contribution in [0.25, 0.3) is 0 Å². The number of nitrogens with zero attached hydrogens (tertiary/aromatic N) is 2. The first kappa shape index (κ1) is 84.8. The first-order chi connectivity index (χ1) is 46.7. The summed E-state index contributed by atoms with van der Waals surface area (Å²) < 4.78 is 11.0. The number of primary amides is 1. The molecule has 550 valence electrons. The number of nitrogens with two attached hydrogens (primary N) is 1. The summed E-state index contributed by atoms with van der Waals surface area (Å²) in [5, 5.41) is 25.1. The Morgan fingerprint density at radius 2 is 0.960 bits per heavy atom. The van der Waals surface area contributed by atoms with Gasteiger partial charge in [-0.15, -0.1) is 0 Å². The first-order valence-corrected chi connectivity index (χ1v) is 34.0. The van der Waals surface area contributed by atoms with Crippen LogP contribution in [-0.2, 0) is 90.4 Å². The van der Waals surface area contributed by atoms with Crippen LogP contribution in [0.1, 0.15) is 126 Å². The second-order valence-electron chi connectivity index (χ2n) is 27.1. The van der Waals surface area contributed by atoms with Crippen molar-refractivity contribution in [3.63, 3.8) is 0 Å². The van der Waals surface area contributed by atoms with Gasteiger partial charge < -0.3 is 78.2 Å². The van der Waals surface area contributed by atoms with Crippen molar-refractivity contribution in [2.24, 2.45) is 17.6 Å².